The number of aliphatic carboxylic acids is 2. The number of hydrogen-bond acceptors (Lipinski definition) is 25. The zero-order valence-corrected chi connectivity index (χ0v) is 36.4. The second-order valence-corrected chi connectivity index (χ2v) is 16.5. The van der Waals surface area contributed by atoms with Gasteiger partial charge in [0, 0.05) is 40.7 Å². The van der Waals surface area contributed by atoms with Crippen LogP contribution in [0.1, 0.15) is 33.6 Å². The van der Waals surface area contributed by atoms with Gasteiger partial charge in [0.2, 0.25) is 17.7 Å². The molecule has 4 aliphatic heterocycles. The van der Waals surface area contributed by atoms with Crippen molar-refractivity contribution >= 4 is 29.7 Å². The molecular formula is C37H61N3O27. The number of carbonyl (C=O) groups is 5. The number of ether oxygens (including phenoxy) is 8. The molecule has 4 heterocycles. The van der Waals surface area contributed by atoms with E-state index >= 15 is 0 Å². The highest BCUT2D eigenvalue weighted by molar-refractivity contribution is 5.77. The van der Waals surface area contributed by atoms with Crippen molar-refractivity contribution in [1.29, 1.82) is 0 Å². The Balaban J connectivity index is 1.69. The maximum Gasteiger partial charge on any atom is 0.364 e. The standard InChI is InChI=1S/C37H61N3O27/c1-11(44)38-20-14(47)5-36(34(56)57,65-29(20)23(51)16(49)7-41)61-10-19-26(54)28(22(40-13(3)46)32(60-4)63-19)64-33-27(55)31(25(53)18(9-43)62-33)67-37(35(58)59)6-15(48)21(39-12(2)45)30(66-37)24(52)17(50)8-42/h14-33,41-43,47-55H,5-10H2,1-4H3,(H,38,44)(H,39,45)(H,40,46)(H,56,57)(H,58,59)/t14-,15-,16-,17-,18?,19?,20-,21-,22?,23-,24-,25+,26+,27+,28-,29?,30?,31?,32+,33+,36-,37+/m1/s1. The maximum absolute atomic E-state index is 13.0. The van der Waals surface area contributed by atoms with Gasteiger partial charge < -0.3 is 125 Å². The van der Waals surface area contributed by atoms with Crippen molar-refractivity contribution < 1.29 is 133 Å². The smallest absolute Gasteiger partial charge is 0.364 e. The van der Waals surface area contributed by atoms with Crippen molar-refractivity contribution in [3.05, 3.63) is 0 Å². The van der Waals surface area contributed by atoms with Crippen molar-refractivity contribution in [3.8, 4) is 0 Å². The Bertz CT molecular complexity index is 1700. The highest BCUT2D eigenvalue weighted by Gasteiger charge is 2.61. The number of carboxylic acids is 2. The van der Waals surface area contributed by atoms with Crippen molar-refractivity contribution in [1.82, 2.24) is 16.0 Å². The van der Waals surface area contributed by atoms with Gasteiger partial charge in [-0.05, 0) is 0 Å². The molecule has 4 saturated heterocycles. The zero-order valence-electron chi connectivity index (χ0n) is 36.4. The molecule has 0 saturated carbocycles. The normalized spacial score (nSPS) is 41.0. The molecule has 0 aromatic carbocycles. The molecular weight excluding hydrogens is 918 g/mol. The van der Waals surface area contributed by atoms with Gasteiger partial charge in [-0.25, -0.2) is 9.59 Å². The molecule has 6 unspecified atom stereocenters. The molecule has 0 aromatic rings. The highest BCUT2D eigenvalue weighted by atomic mass is 16.8. The van der Waals surface area contributed by atoms with Crippen LogP contribution < -0.4 is 16.0 Å². The number of rotatable bonds is 20. The van der Waals surface area contributed by atoms with Gasteiger partial charge in [-0.1, -0.05) is 0 Å². The van der Waals surface area contributed by atoms with Crippen molar-refractivity contribution in [2.24, 2.45) is 0 Å². The van der Waals surface area contributed by atoms with Crippen LogP contribution in [0.3, 0.4) is 0 Å². The molecule has 386 valence electrons. The summed E-state index contributed by atoms with van der Waals surface area (Å²) in [6, 6.07) is -4.80. The van der Waals surface area contributed by atoms with Gasteiger partial charge in [0.1, 0.15) is 85.4 Å². The van der Waals surface area contributed by atoms with E-state index in [2.05, 4.69) is 16.0 Å². The maximum atomic E-state index is 13.0. The summed E-state index contributed by atoms with van der Waals surface area (Å²) in [5.74, 6) is -12.5. The number of hydrogen-bond donors (Lipinski definition) is 17. The number of carbonyl (C=O) groups excluding carboxylic acids is 3. The van der Waals surface area contributed by atoms with Crippen LogP contribution in [0, 0.1) is 0 Å². The van der Waals surface area contributed by atoms with E-state index in [0.29, 0.717) is 0 Å². The van der Waals surface area contributed by atoms with E-state index in [0.717, 1.165) is 27.9 Å². The van der Waals surface area contributed by atoms with Crippen LogP contribution in [0.25, 0.3) is 0 Å². The lowest BCUT2D eigenvalue weighted by Crippen LogP contribution is -2.71. The van der Waals surface area contributed by atoms with Crippen molar-refractivity contribution in [2.45, 2.75) is 167 Å². The summed E-state index contributed by atoms with van der Waals surface area (Å²) in [4.78, 5) is 62.2. The molecule has 30 heteroatoms. The van der Waals surface area contributed by atoms with Gasteiger partial charge in [-0.2, -0.15) is 0 Å². The van der Waals surface area contributed by atoms with Gasteiger partial charge in [0.25, 0.3) is 11.6 Å². The summed E-state index contributed by atoms with van der Waals surface area (Å²) in [7, 11) is 1.06. The van der Waals surface area contributed by atoms with E-state index in [1.165, 1.54) is 0 Å². The topological polar surface area (TPSA) is 478 Å². The number of carboxylic acid groups (broad SMARTS) is 2. The Hall–Kier alpha value is -3.45. The first-order valence-electron chi connectivity index (χ1n) is 20.7. The van der Waals surface area contributed by atoms with Crippen molar-refractivity contribution in [2.75, 3.05) is 33.5 Å². The number of nitrogens with one attached hydrogen (secondary N) is 3. The first-order chi connectivity index (χ1) is 31.3. The average molecular weight is 980 g/mol. The number of aliphatic hydroxyl groups is 12. The third kappa shape index (κ3) is 12.5. The number of aliphatic hydroxyl groups excluding tert-OH is 12. The minimum Gasteiger partial charge on any atom is -0.477 e. The SMILES string of the molecule is CO[C@H]1OC(CO[C@]2(C(=O)O)C[C@@H](O)[C@@H](NC(C)=O)C([C@H](O)[C@H](O)CO)O2)[C@H](O)[C@H](O[C@@H]2OC(CO)[C@H](O)C(O[C@]3(C(=O)O)C[C@@H](O)[C@@H](NC(C)=O)C([C@H](O)[C@H](O)CO)O3)[C@@H]2O)C1NC(C)=O. The predicted octanol–water partition coefficient (Wildman–Crippen LogP) is -10.3. The van der Waals surface area contributed by atoms with E-state index < -0.39 is 203 Å². The Kier molecular flexibility index (Phi) is 19.6. The van der Waals surface area contributed by atoms with E-state index in [9.17, 15) is 95.5 Å². The summed E-state index contributed by atoms with van der Waals surface area (Å²) in [6.07, 6.45) is -36.7. The summed E-state index contributed by atoms with van der Waals surface area (Å²) in [5.41, 5.74) is 0. The quantitative estimate of drug-likeness (QED) is 0.0538. The summed E-state index contributed by atoms with van der Waals surface area (Å²) >= 11 is 0. The summed E-state index contributed by atoms with van der Waals surface area (Å²) < 4.78 is 45.3. The predicted molar refractivity (Wildman–Crippen MR) is 208 cm³/mol. The first-order valence-corrected chi connectivity index (χ1v) is 20.7. The van der Waals surface area contributed by atoms with Crippen molar-refractivity contribution in [3.63, 3.8) is 0 Å². The van der Waals surface area contributed by atoms with Gasteiger partial charge in [0.15, 0.2) is 12.6 Å². The molecule has 30 nitrogen and oxygen atoms in total. The summed E-state index contributed by atoms with van der Waals surface area (Å²) in [5, 5.41) is 156. The molecule has 0 spiro atoms. The highest BCUT2D eigenvalue weighted by Crippen LogP contribution is 2.39. The van der Waals surface area contributed by atoms with Gasteiger partial charge >= 0.3 is 11.9 Å². The monoisotopic (exact) mass is 979 g/mol. The van der Waals surface area contributed by atoms with Gasteiger partial charge in [-0.3, -0.25) is 14.4 Å². The van der Waals surface area contributed by atoms with Gasteiger partial charge in [-0.15, -0.1) is 0 Å². The molecule has 4 fully saturated rings. The fraction of sp³-hybridized carbons (Fsp3) is 0.865. The van der Waals surface area contributed by atoms with E-state index in [-0.39, 0.29) is 0 Å². The van der Waals surface area contributed by atoms with Crippen LogP contribution in [0.15, 0.2) is 0 Å². The first kappa shape index (κ1) is 56.1. The Morgan fingerprint density at radius 2 is 1.06 bits per heavy atom. The lowest BCUT2D eigenvalue weighted by atomic mass is 9.88. The molecule has 0 aromatic heterocycles. The molecule has 3 amide bonds. The lowest BCUT2D eigenvalue weighted by Gasteiger charge is -2.51. The van der Waals surface area contributed by atoms with Crippen LogP contribution in [0.2, 0.25) is 0 Å². The molecule has 0 bridgehead atoms. The van der Waals surface area contributed by atoms with Gasteiger partial charge in [0.05, 0.1) is 50.7 Å². The van der Waals surface area contributed by atoms with Crippen LogP contribution in [0.5, 0.6) is 0 Å². The Morgan fingerprint density at radius 3 is 1.49 bits per heavy atom. The van der Waals surface area contributed by atoms with Crippen LogP contribution in [-0.2, 0) is 61.9 Å². The zero-order chi connectivity index (χ0) is 50.5. The molecule has 0 aliphatic carbocycles. The third-order valence-electron chi connectivity index (χ3n) is 11.6. The molecule has 0 radical (unpaired) electrons. The largest absolute Gasteiger partial charge is 0.477 e. The fourth-order valence-corrected chi connectivity index (χ4v) is 8.23. The van der Waals surface area contributed by atoms with E-state index in [1.54, 1.807) is 0 Å². The molecule has 17 N–H and O–H groups in total. The molecule has 4 aliphatic rings. The molecule has 4 rings (SSSR count). The summed E-state index contributed by atoms with van der Waals surface area (Å²) in [6.45, 7) is -1.30. The van der Waals surface area contributed by atoms with E-state index in [4.69, 9.17) is 37.9 Å². The van der Waals surface area contributed by atoms with Crippen LogP contribution in [-0.4, -0.2) is 269 Å². The fourth-order valence-electron chi connectivity index (χ4n) is 8.23. The number of methoxy groups -OCH3 is 1. The Morgan fingerprint density at radius 1 is 0.627 bits per heavy atom. The Labute approximate surface area is 379 Å². The molecule has 67 heavy (non-hydrogen) atoms. The lowest BCUT2D eigenvalue weighted by molar-refractivity contribution is -0.382. The third-order valence-corrected chi connectivity index (χ3v) is 11.6. The minimum absolute atomic E-state index is 0.774. The van der Waals surface area contributed by atoms with E-state index in [1.807, 2.05) is 0 Å². The second kappa shape index (κ2) is 23.4. The number of amides is 3. The second-order valence-electron chi connectivity index (χ2n) is 16.5. The molecule has 22 atom stereocenters. The van der Waals surface area contributed by atoms with Crippen LogP contribution >= 0.6 is 0 Å². The van der Waals surface area contributed by atoms with Crippen LogP contribution in [0.4, 0.5) is 0 Å². The minimum atomic E-state index is -3.17. The average Bonchev–Trinajstić information content (AvgIpc) is 3.26.